The van der Waals surface area contributed by atoms with E-state index in [4.69, 9.17) is 0 Å². The molecule has 1 aromatic heterocycles. The van der Waals surface area contributed by atoms with Crippen LogP contribution < -0.4 is 0 Å². The maximum Gasteiger partial charge on any atom is 0.331 e. The van der Waals surface area contributed by atoms with E-state index < -0.39 is 23.7 Å². The first kappa shape index (κ1) is 15.4. The highest BCUT2D eigenvalue weighted by Gasteiger charge is 2.40. The van der Waals surface area contributed by atoms with Crippen LogP contribution in [0.3, 0.4) is 0 Å². The molecule has 0 radical (unpaired) electrons. The molecular weight excluding hydrogens is 379 g/mol. The molecule has 7 heteroatoms. The number of carboxylic acid groups (broad SMARTS) is 1. The number of rotatable bonds is 3. The zero-order chi connectivity index (χ0) is 17.0. The summed E-state index contributed by atoms with van der Waals surface area (Å²) in [6, 6.07) is 3.50. The lowest BCUT2D eigenvalue weighted by atomic mass is 10.0. The van der Waals surface area contributed by atoms with Gasteiger partial charge in [0, 0.05) is 39.6 Å². The van der Waals surface area contributed by atoms with Crippen LogP contribution in [0.5, 0.6) is 0 Å². The summed E-state index contributed by atoms with van der Waals surface area (Å²) in [5.41, 5.74) is 2.06. The maximum absolute atomic E-state index is 14.2. The van der Waals surface area contributed by atoms with Crippen LogP contribution in [0.25, 0.3) is 0 Å². The molecule has 1 atom stereocenters. The van der Waals surface area contributed by atoms with Crippen LogP contribution in [0.15, 0.2) is 28.9 Å². The molecule has 1 amide bonds. The highest BCUT2D eigenvalue weighted by molar-refractivity contribution is 9.10. The van der Waals surface area contributed by atoms with Gasteiger partial charge in [0.2, 0.25) is 0 Å². The highest BCUT2D eigenvalue weighted by Crippen LogP contribution is 2.37. The molecule has 0 fully saturated rings. The van der Waals surface area contributed by atoms with E-state index in [0.29, 0.717) is 10.0 Å². The Hall–Kier alpha value is -2.15. The van der Waals surface area contributed by atoms with Gasteiger partial charge in [-0.2, -0.15) is 0 Å². The first-order valence-corrected chi connectivity index (χ1v) is 8.46. The van der Waals surface area contributed by atoms with E-state index in [1.54, 1.807) is 12.1 Å². The average Bonchev–Trinajstić information content (AvgIpc) is 3.18. The Balaban J connectivity index is 1.77. The summed E-state index contributed by atoms with van der Waals surface area (Å²) in [7, 11) is 0. The Morgan fingerprint density at radius 1 is 1.38 bits per heavy atom. The Morgan fingerprint density at radius 2 is 2.17 bits per heavy atom. The molecular formula is C17H14BrFN2O3. The predicted molar refractivity (Wildman–Crippen MR) is 87.1 cm³/mol. The van der Waals surface area contributed by atoms with Crippen molar-refractivity contribution >= 4 is 27.8 Å². The van der Waals surface area contributed by atoms with Gasteiger partial charge in [0.05, 0.1) is 6.54 Å². The molecule has 3 heterocycles. The molecule has 0 unspecified atom stereocenters. The van der Waals surface area contributed by atoms with E-state index in [2.05, 4.69) is 15.9 Å². The van der Waals surface area contributed by atoms with Crippen LogP contribution in [0.2, 0.25) is 0 Å². The standard InChI is InChI=1S/C17H14BrFN2O3/c18-9-6-11-12(13(19)7-9)8-21(16(11)22)15(17(23)24)10-3-5-20-4-1-2-14(10)20/h3,5-7,15H,1-2,4,8H2,(H,23,24)/t15-/m1/s1. The number of benzene rings is 1. The zero-order valence-corrected chi connectivity index (χ0v) is 14.2. The molecule has 24 heavy (non-hydrogen) atoms. The van der Waals surface area contributed by atoms with Crippen LogP contribution in [0, 0.1) is 5.82 Å². The fraction of sp³-hybridized carbons (Fsp3) is 0.294. The van der Waals surface area contributed by atoms with Gasteiger partial charge < -0.3 is 14.6 Å². The predicted octanol–water partition coefficient (Wildman–Crippen LogP) is 3.12. The van der Waals surface area contributed by atoms with Crippen LogP contribution in [0.4, 0.5) is 4.39 Å². The Labute approximate surface area is 145 Å². The summed E-state index contributed by atoms with van der Waals surface area (Å²) in [5.74, 6) is -2.05. The summed E-state index contributed by atoms with van der Waals surface area (Å²) < 4.78 is 16.7. The zero-order valence-electron chi connectivity index (χ0n) is 12.6. The minimum absolute atomic E-state index is 0.0329. The van der Waals surface area contributed by atoms with Crippen molar-refractivity contribution in [2.75, 3.05) is 0 Å². The lowest BCUT2D eigenvalue weighted by Gasteiger charge is -2.24. The summed E-state index contributed by atoms with van der Waals surface area (Å²) in [6.07, 6.45) is 3.62. The summed E-state index contributed by atoms with van der Waals surface area (Å²) in [6.45, 7) is 0.826. The summed E-state index contributed by atoms with van der Waals surface area (Å²) >= 11 is 3.18. The minimum atomic E-state index is -1.10. The number of hydrogen-bond acceptors (Lipinski definition) is 2. The number of amides is 1. The third-order valence-electron chi connectivity index (χ3n) is 4.75. The van der Waals surface area contributed by atoms with Crippen molar-refractivity contribution in [3.8, 4) is 0 Å². The van der Waals surface area contributed by atoms with Crippen LogP contribution in [-0.4, -0.2) is 26.5 Å². The fourth-order valence-corrected chi connectivity index (χ4v) is 4.11. The average molecular weight is 393 g/mol. The molecule has 1 aromatic carbocycles. The van der Waals surface area contributed by atoms with Crippen molar-refractivity contribution in [1.82, 2.24) is 9.47 Å². The van der Waals surface area contributed by atoms with Gasteiger partial charge in [0.15, 0.2) is 6.04 Å². The number of aryl methyl sites for hydroxylation is 1. The van der Waals surface area contributed by atoms with E-state index in [1.807, 2.05) is 10.8 Å². The molecule has 0 bridgehead atoms. The van der Waals surface area contributed by atoms with Crippen LogP contribution >= 0.6 is 15.9 Å². The smallest absolute Gasteiger partial charge is 0.331 e. The molecule has 124 valence electrons. The van der Waals surface area contributed by atoms with E-state index in [0.717, 1.165) is 25.1 Å². The summed E-state index contributed by atoms with van der Waals surface area (Å²) in [5, 5.41) is 9.75. The van der Waals surface area contributed by atoms with Crippen molar-refractivity contribution in [2.24, 2.45) is 0 Å². The van der Waals surface area contributed by atoms with Crippen molar-refractivity contribution in [3.63, 3.8) is 0 Å². The van der Waals surface area contributed by atoms with E-state index in [9.17, 15) is 19.1 Å². The Kier molecular flexibility index (Phi) is 3.49. The van der Waals surface area contributed by atoms with Crippen molar-refractivity contribution in [3.05, 3.63) is 57.1 Å². The number of carbonyl (C=O) groups excluding carboxylic acids is 1. The number of carbonyl (C=O) groups is 2. The molecule has 5 nitrogen and oxygen atoms in total. The molecule has 4 rings (SSSR count). The second-order valence-electron chi connectivity index (χ2n) is 6.10. The van der Waals surface area contributed by atoms with Crippen LogP contribution in [0.1, 0.15) is 39.6 Å². The largest absolute Gasteiger partial charge is 0.479 e. The number of halogens is 2. The van der Waals surface area contributed by atoms with Gasteiger partial charge in [0.1, 0.15) is 5.82 Å². The molecule has 0 spiro atoms. The molecule has 0 saturated carbocycles. The Morgan fingerprint density at radius 3 is 2.92 bits per heavy atom. The quantitative estimate of drug-likeness (QED) is 0.872. The first-order chi connectivity index (χ1) is 11.5. The van der Waals surface area contributed by atoms with E-state index >= 15 is 0 Å². The second kappa shape index (κ2) is 5.44. The van der Waals surface area contributed by atoms with Gasteiger partial charge in [-0.05, 0) is 31.0 Å². The summed E-state index contributed by atoms with van der Waals surface area (Å²) in [4.78, 5) is 25.9. The molecule has 2 aliphatic heterocycles. The van der Waals surface area contributed by atoms with Gasteiger partial charge in [-0.3, -0.25) is 4.79 Å². The SMILES string of the molecule is O=C(O)[C@@H](c1ccn2c1CCC2)N1Cc2c(F)cc(Br)cc2C1=O. The highest BCUT2D eigenvalue weighted by atomic mass is 79.9. The van der Waals surface area contributed by atoms with Gasteiger partial charge >= 0.3 is 5.97 Å². The van der Waals surface area contributed by atoms with Gasteiger partial charge in [-0.15, -0.1) is 0 Å². The normalized spacial score (nSPS) is 17.1. The number of carboxylic acids is 1. The number of hydrogen-bond donors (Lipinski definition) is 1. The molecule has 0 saturated heterocycles. The molecule has 2 aliphatic rings. The second-order valence-corrected chi connectivity index (χ2v) is 7.02. The minimum Gasteiger partial charge on any atom is -0.479 e. The van der Waals surface area contributed by atoms with E-state index in [-0.39, 0.29) is 17.7 Å². The topological polar surface area (TPSA) is 62.5 Å². The van der Waals surface area contributed by atoms with Crippen molar-refractivity contribution in [1.29, 1.82) is 0 Å². The third kappa shape index (κ3) is 2.18. The lowest BCUT2D eigenvalue weighted by molar-refractivity contribution is -0.142. The lowest BCUT2D eigenvalue weighted by Crippen LogP contribution is -2.34. The maximum atomic E-state index is 14.2. The number of nitrogens with zero attached hydrogens (tertiary/aromatic N) is 2. The number of aromatic nitrogens is 1. The fourth-order valence-electron chi connectivity index (χ4n) is 3.68. The molecule has 2 aromatic rings. The van der Waals surface area contributed by atoms with Gasteiger partial charge in [-0.1, -0.05) is 15.9 Å². The van der Waals surface area contributed by atoms with Gasteiger partial charge in [-0.25, -0.2) is 9.18 Å². The van der Waals surface area contributed by atoms with E-state index in [1.165, 1.54) is 11.0 Å². The molecule has 0 aliphatic carbocycles. The Bertz CT molecular complexity index is 877. The molecule has 1 N–H and O–H groups in total. The third-order valence-corrected chi connectivity index (χ3v) is 5.20. The van der Waals surface area contributed by atoms with Gasteiger partial charge in [0.25, 0.3) is 5.91 Å². The van der Waals surface area contributed by atoms with Crippen molar-refractivity contribution < 1.29 is 19.1 Å². The number of fused-ring (bicyclic) bond motifs is 2. The first-order valence-electron chi connectivity index (χ1n) is 7.67. The number of aliphatic carboxylic acids is 1. The monoisotopic (exact) mass is 392 g/mol. The van der Waals surface area contributed by atoms with Crippen LogP contribution in [-0.2, 0) is 24.3 Å². The van der Waals surface area contributed by atoms with Crippen molar-refractivity contribution in [2.45, 2.75) is 32.0 Å².